The number of hydrogen-bond donors (Lipinski definition) is 3. The molecular formula is C36H43N3O8. The predicted molar refractivity (Wildman–Crippen MR) is 175 cm³/mol. The molecule has 0 fully saturated rings. The normalized spacial score (nSPS) is 12.0. The van der Waals surface area contributed by atoms with Gasteiger partial charge in [0, 0.05) is 19.4 Å². The van der Waals surface area contributed by atoms with Crippen molar-refractivity contribution in [3.63, 3.8) is 0 Å². The molecule has 0 aliphatic carbocycles. The number of rotatable bonds is 19. The lowest BCUT2D eigenvalue weighted by molar-refractivity contribution is -0.168. The molecular weight excluding hydrogens is 602 g/mol. The smallest absolute Gasteiger partial charge is 0.359 e. The number of nitrogens with two attached hydrogens (primary N) is 1. The van der Waals surface area contributed by atoms with Gasteiger partial charge in [-0.05, 0) is 42.2 Å². The number of unbranched alkanes of at least 4 members (excludes halogenated alkanes) is 2. The van der Waals surface area contributed by atoms with Crippen molar-refractivity contribution in [2.24, 2.45) is 5.73 Å². The molecule has 47 heavy (non-hydrogen) atoms. The molecule has 0 unspecified atom stereocenters. The van der Waals surface area contributed by atoms with E-state index in [0.29, 0.717) is 12.1 Å². The van der Waals surface area contributed by atoms with Gasteiger partial charge >= 0.3 is 11.9 Å². The van der Waals surface area contributed by atoms with Crippen molar-refractivity contribution in [1.29, 1.82) is 0 Å². The van der Waals surface area contributed by atoms with Gasteiger partial charge in [0.25, 0.3) is 6.10 Å². The Morgan fingerprint density at radius 2 is 1.28 bits per heavy atom. The maximum Gasteiger partial charge on any atom is 0.359 e. The minimum atomic E-state index is -1.70. The molecule has 0 aliphatic heterocycles. The highest BCUT2D eigenvalue weighted by Gasteiger charge is 2.33. The minimum Gasteiger partial charge on any atom is -0.467 e. The first-order valence-corrected chi connectivity index (χ1v) is 15.7. The summed E-state index contributed by atoms with van der Waals surface area (Å²) in [5, 5.41) is 5.51. The maximum absolute atomic E-state index is 13.0. The largest absolute Gasteiger partial charge is 0.467 e. The van der Waals surface area contributed by atoms with Gasteiger partial charge in [0.05, 0.1) is 6.04 Å². The number of benzene rings is 3. The van der Waals surface area contributed by atoms with Gasteiger partial charge in [-0.1, -0.05) is 92.6 Å². The summed E-state index contributed by atoms with van der Waals surface area (Å²) < 4.78 is 16.6. The van der Waals surface area contributed by atoms with Crippen LogP contribution in [0.15, 0.2) is 84.9 Å². The van der Waals surface area contributed by atoms with Gasteiger partial charge in [0.2, 0.25) is 11.8 Å². The highest BCUT2D eigenvalue weighted by molar-refractivity contribution is 5.98. The molecule has 11 heteroatoms. The predicted octanol–water partition coefficient (Wildman–Crippen LogP) is 3.56. The second kappa shape index (κ2) is 19.5. The van der Waals surface area contributed by atoms with E-state index in [2.05, 4.69) is 17.6 Å². The van der Waals surface area contributed by atoms with Gasteiger partial charge in [-0.3, -0.25) is 14.4 Å². The first-order chi connectivity index (χ1) is 22.7. The number of nitrogens with one attached hydrogen (secondary N) is 2. The number of amides is 2. The first kappa shape index (κ1) is 36.4. The van der Waals surface area contributed by atoms with Gasteiger partial charge in [-0.15, -0.1) is 0 Å². The van der Waals surface area contributed by atoms with Crippen LogP contribution in [-0.2, 0) is 53.1 Å². The summed E-state index contributed by atoms with van der Waals surface area (Å²) in [4.78, 5) is 63.3. The van der Waals surface area contributed by atoms with Crippen molar-refractivity contribution < 1.29 is 38.2 Å². The molecule has 3 rings (SSSR count). The Balaban J connectivity index is 1.71. The van der Waals surface area contributed by atoms with E-state index in [0.717, 1.165) is 30.4 Å². The van der Waals surface area contributed by atoms with E-state index in [1.165, 1.54) is 19.1 Å². The first-order valence-electron chi connectivity index (χ1n) is 15.7. The molecule has 0 saturated heterocycles. The molecule has 2 atom stereocenters. The second-order valence-electron chi connectivity index (χ2n) is 11.1. The van der Waals surface area contributed by atoms with E-state index < -0.39 is 36.0 Å². The van der Waals surface area contributed by atoms with Crippen LogP contribution in [-0.4, -0.2) is 54.3 Å². The molecule has 0 heterocycles. The molecule has 0 aromatic heterocycles. The van der Waals surface area contributed by atoms with Crippen molar-refractivity contribution in [3.8, 4) is 5.75 Å². The van der Waals surface area contributed by atoms with Crippen LogP contribution in [0.4, 0.5) is 0 Å². The number of ketones is 1. The van der Waals surface area contributed by atoms with Crippen LogP contribution < -0.4 is 21.1 Å². The van der Waals surface area contributed by atoms with Gasteiger partial charge in [-0.25, -0.2) is 9.59 Å². The van der Waals surface area contributed by atoms with Crippen LogP contribution in [0.2, 0.25) is 0 Å². The second-order valence-corrected chi connectivity index (χ2v) is 11.1. The lowest BCUT2D eigenvalue weighted by atomic mass is 10.0. The molecule has 3 aromatic carbocycles. The van der Waals surface area contributed by atoms with Crippen LogP contribution in [0.25, 0.3) is 0 Å². The molecule has 250 valence electrons. The summed E-state index contributed by atoms with van der Waals surface area (Å²) in [7, 11) is 0. The van der Waals surface area contributed by atoms with Crippen LogP contribution in [0.5, 0.6) is 5.75 Å². The number of carbonyl (C=O) groups excluding carboxylic acids is 5. The topological polar surface area (TPSA) is 163 Å². The zero-order valence-electron chi connectivity index (χ0n) is 26.8. The molecule has 0 bridgehead atoms. The van der Waals surface area contributed by atoms with Crippen molar-refractivity contribution in [1.82, 2.24) is 10.6 Å². The quantitative estimate of drug-likeness (QED) is 0.101. The highest BCUT2D eigenvalue weighted by Crippen LogP contribution is 2.18. The Morgan fingerprint density at radius 3 is 1.79 bits per heavy atom. The minimum absolute atomic E-state index is 0.0614. The standard InChI is InChI=1S/C36H43N3O8/c1-3-4-11-20-38-34(42)31(39-33(41)30(37)21-25(2)40)22-26-16-18-29(19-17-26)47-32(35(43)45-23-27-12-7-5-8-13-27)36(44)46-24-28-14-9-6-10-15-28/h5-10,12-19,30-32H,3-4,11,20-24,37H2,1-2H3,(H,38,42)(H,39,41)/t30-,31-/m0/s1. The van der Waals surface area contributed by atoms with E-state index in [4.69, 9.17) is 19.9 Å². The van der Waals surface area contributed by atoms with E-state index >= 15 is 0 Å². The van der Waals surface area contributed by atoms with Crippen LogP contribution in [0, 0.1) is 0 Å². The van der Waals surface area contributed by atoms with Crippen molar-refractivity contribution in [2.45, 2.75) is 77.4 Å². The number of carbonyl (C=O) groups is 5. The van der Waals surface area contributed by atoms with E-state index in [1.807, 2.05) is 12.1 Å². The molecule has 0 radical (unpaired) electrons. The number of Topliss-reactive ketones (excluding diaryl/α,β-unsaturated/α-hetero) is 1. The third-order valence-electron chi connectivity index (χ3n) is 7.05. The summed E-state index contributed by atoms with van der Waals surface area (Å²) in [5.41, 5.74) is 7.99. The number of esters is 2. The van der Waals surface area contributed by atoms with Gasteiger partial charge in [-0.2, -0.15) is 0 Å². The van der Waals surface area contributed by atoms with Gasteiger partial charge in [0.15, 0.2) is 0 Å². The Bertz CT molecular complexity index is 1390. The zero-order valence-corrected chi connectivity index (χ0v) is 26.8. The summed E-state index contributed by atoms with van der Waals surface area (Å²) in [6.07, 6.45) is 0.994. The highest BCUT2D eigenvalue weighted by atomic mass is 16.6. The maximum atomic E-state index is 13.0. The van der Waals surface area contributed by atoms with E-state index in [9.17, 15) is 24.0 Å². The van der Waals surface area contributed by atoms with Gasteiger partial charge in [0.1, 0.15) is 30.8 Å². The van der Waals surface area contributed by atoms with Crippen LogP contribution in [0.1, 0.15) is 56.2 Å². The summed E-state index contributed by atoms with van der Waals surface area (Å²) in [6, 6.07) is 22.4. The SMILES string of the molecule is CCCCCNC(=O)[C@H](Cc1ccc(OC(C(=O)OCc2ccccc2)C(=O)OCc2ccccc2)cc1)NC(=O)[C@@H](N)CC(C)=O. The Labute approximate surface area is 275 Å². The third-order valence-corrected chi connectivity index (χ3v) is 7.05. The van der Waals surface area contributed by atoms with E-state index in [1.54, 1.807) is 60.7 Å². The molecule has 2 amide bonds. The average molecular weight is 646 g/mol. The van der Waals surface area contributed by atoms with Crippen LogP contribution in [0.3, 0.4) is 0 Å². The fraction of sp³-hybridized carbons (Fsp3) is 0.361. The average Bonchev–Trinajstić information content (AvgIpc) is 3.07. The number of hydrogen-bond acceptors (Lipinski definition) is 9. The van der Waals surface area contributed by atoms with Crippen LogP contribution >= 0.6 is 0 Å². The van der Waals surface area contributed by atoms with E-state index in [-0.39, 0.29) is 43.5 Å². The lowest BCUT2D eigenvalue weighted by Gasteiger charge is -2.21. The summed E-state index contributed by atoms with van der Waals surface area (Å²) in [5.74, 6) is -2.89. The molecule has 3 aromatic rings. The third kappa shape index (κ3) is 13.1. The molecule has 0 aliphatic rings. The molecule has 0 spiro atoms. The molecule has 4 N–H and O–H groups in total. The number of ether oxygens (including phenoxy) is 3. The molecule has 0 saturated carbocycles. The van der Waals surface area contributed by atoms with Crippen molar-refractivity contribution >= 4 is 29.5 Å². The Hall–Kier alpha value is -5.03. The monoisotopic (exact) mass is 645 g/mol. The molecule has 11 nitrogen and oxygen atoms in total. The Morgan fingerprint density at radius 1 is 0.723 bits per heavy atom. The Kier molecular flexibility index (Phi) is 15.1. The van der Waals surface area contributed by atoms with Crippen molar-refractivity contribution in [2.75, 3.05) is 6.54 Å². The fourth-order valence-corrected chi connectivity index (χ4v) is 4.48. The summed E-state index contributed by atoms with van der Waals surface area (Å²) >= 11 is 0. The lowest BCUT2D eigenvalue weighted by Crippen LogP contribution is -2.53. The van der Waals surface area contributed by atoms with Gasteiger partial charge < -0.3 is 30.6 Å². The zero-order chi connectivity index (χ0) is 34.0. The fourth-order valence-electron chi connectivity index (χ4n) is 4.48. The summed E-state index contributed by atoms with van der Waals surface area (Å²) in [6.45, 7) is 3.72. The van der Waals surface area contributed by atoms with Crippen molar-refractivity contribution in [3.05, 3.63) is 102 Å².